The highest BCUT2D eigenvalue weighted by molar-refractivity contribution is 5.21. The Morgan fingerprint density at radius 1 is 1.00 bits per heavy atom. The van der Waals surface area contributed by atoms with Gasteiger partial charge in [0.15, 0.2) is 0 Å². The Labute approximate surface area is 77.4 Å². The van der Waals surface area contributed by atoms with Crippen LogP contribution in [-0.4, -0.2) is 0 Å². The molecule has 0 rings (SSSR count). The first-order valence-electron chi connectivity index (χ1n) is 4.80. The summed E-state index contributed by atoms with van der Waals surface area (Å²) in [6.45, 7) is 13.3. The van der Waals surface area contributed by atoms with E-state index in [4.69, 9.17) is 0 Å². The van der Waals surface area contributed by atoms with Gasteiger partial charge in [0.25, 0.3) is 0 Å². The van der Waals surface area contributed by atoms with Gasteiger partial charge in [0, 0.05) is 0 Å². The molecule has 0 heteroatoms. The topological polar surface area (TPSA) is 0 Å². The Kier molecular flexibility index (Phi) is 4.96. The molecule has 0 amide bonds. The van der Waals surface area contributed by atoms with Crippen LogP contribution in [0.15, 0.2) is 23.3 Å². The first-order chi connectivity index (χ1) is 5.43. The maximum atomic E-state index is 2.30. The van der Waals surface area contributed by atoms with E-state index in [9.17, 15) is 0 Å². The average molecular weight is 166 g/mol. The third-order valence-corrected chi connectivity index (χ3v) is 1.96. The Morgan fingerprint density at radius 3 is 1.83 bits per heavy atom. The Balaban J connectivity index is 4.33. The van der Waals surface area contributed by atoms with E-state index in [1.54, 1.807) is 0 Å². The number of rotatable bonds is 3. The van der Waals surface area contributed by atoms with Crippen LogP contribution in [0.4, 0.5) is 0 Å². The van der Waals surface area contributed by atoms with Gasteiger partial charge in [-0.1, -0.05) is 51.0 Å². The zero-order valence-corrected chi connectivity index (χ0v) is 9.31. The van der Waals surface area contributed by atoms with Gasteiger partial charge in [0.2, 0.25) is 0 Å². The SMILES string of the molecule is CC(=C/C(C)C)/C=C(/C)C(C)C. The summed E-state index contributed by atoms with van der Waals surface area (Å²) in [6.07, 6.45) is 4.58. The van der Waals surface area contributed by atoms with Crippen LogP contribution in [0.3, 0.4) is 0 Å². The summed E-state index contributed by atoms with van der Waals surface area (Å²) in [7, 11) is 0. The summed E-state index contributed by atoms with van der Waals surface area (Å²) >= 11 is 0. The van der Waals surface area contributed by atoms with Crippen molar-refractivity contribution in [2.45, 2.75) is 41.5 Å². The second-order valence-corrected chi connectivity index (χ2v) is 4.20. The van der Waals surface area contributed by atoms with E-state index in [0.717, 1.165) is 0 Å². The summed E-state index contributed by atoms with van der Waals surface area (Å²) in [5.41, 5.74) is 2.85. The van der Waals surface area contributed by atoms with Crippen LogP contribution in [-0.2, 0) is 0 Å². The van der Waals surface area contributed by atoms with Crippen molar-refractivity contribution in [3.63, 3.8) is 0 Å². The summed E-state index contributed by atoms with van der Waals surface area (Å²) in [6, 6.07) is 0. The minimum absolute atomic E-state index is 0.654. The lowest BCUT2D eigenvalue weighted by molar-refractivity contribution is 0.766. The van der Waals surface area contributed by atoms with Gasteiger partial charge in [-0.15, -0.1) is 0 Å². The summed E-state index contributed by atoms with van der Waals surface area (Å²) in [4.78, 5) is 0. The van der Waals surface area contributed by atoms with Crippen LogP contribution in [0, 0.1) is 11.8 Å². The van der Waals surface area contributed by atoms with Gasteiger partial charge in [-0.25, -0.2) is 0 Å². The third-order valence-electron chi connectivity index (χ3n) is 1.96. The molecule has 0 fully saturated rings. The normalized spacial score (nSPS) is 14.7. The predicted molar refractivity (Wildman–Crippen MR) is 57.2 cm³/mol. The first-order valence-corrected chi connectivity index (χ1v) is 4.80. The molecule has 0 nitrogen and oxygen atoms in total. The summed E-state index contributed by atoms with van der Waals surface area (Å²) in [5.74, 6) is 1.32. The molecular weight excluding hydrogens is 144 g/mol. The Bertz CT molecular complexity index is 180. The first kappa shape index (κ1) is 11.5. The molecule has 0 aliphatic carbocycles. The Morgan fingerprint density at radius 2 is 1.50 bits per heavy atom. The highest BCUT2D eigenvalue weighted by atomic mass is 14.0. The van der Waals surface area contributed by atoms with Crippen LogP contribution in [0.2, 0.25) is 0 Å². The lowest BCUT2D eigenvalue weighted by Gasteiger charge is -2.05. The smallest absolute Gasteiger partial charge is 0.0260 e. The van der Waals surface area contributed by atoms with Crippen molar-refractivity contribution < 1.29 is 0 Å². The van der Waals surface area contributed by atoms with Crippen LogP contribution < -0.4 is 0 Å². The monoisotopic (exact) mass is 166 g/mol. The molecule has 0 saturated heterocycles. The van der Waals surface area contributed by atoms with Crippen LogP contribution in [0.25, 0.3) is 0 Å². The lowest BCUT2D eigenvalue weighted by atomic mass is 10.0. The zero-order valence-electron chi connectivity index (χ0n) is 9.31. The van der Waals surface area contributed by atoms with Gasteiger partial charge >= 0.3 is 0 Å². The predicted octanol–water partition coefficient (Wildman–Crippen LogP) is 4.19. The van der Waals surface area contributed by atoms with E-state index in [1.807, 2.05) is 0 Å². The van der Waals surface area contributed by atoms with Crippen molar-refractivity contribution >= 4 is 0 Å². The van der Waals surface area contributed by atoms with Gasteiger partial charge in [0.1, 0.15) is 0 Å². The van der Waals surface area contributed by atoms with Gasteiger partial charge in [-0.2, -0.15) is 0 Å². The molecular formula is C12H22. The van der Waals surface area contributed by atoms with Crippen molar-refractivity contribution in [2.75, 3.05) is 0 Å². The fraction of sp³-hybridized carbons (Fsp3) is 0.667. The van der Waals surface area contributed by atoms with Gasteiger partial charge in [-0.05, 0) is 25.7 Å². The van der Waals surface area contributed by atoms with E-state index >= 15 is 0 Å². The van der Waals surface area contributed by atoms with E-state index in [-0.39, 0.29) is 0 Å². The molecule has 0 N–H and O–H groups in total. The number of hydrogen-bond donors (Lipinski definition) is 0. The Hall–Kier alpha value is -0.520. The second-order valence-electron chi connectivity index (χ2n) is 4.20. The van der Waals surface area contributed by atoms with Gasteiger partial charge in [0.05, 0.1) is 0 Å². The van der Waals surface area contributed by atoms with Crippen molar-refractivity contribution in [1.82, 2.24) is 0 Å². The highest BCUT2D eigenvalue weighted by Crippen LogP contribution is 2.12. The molecule has 0 aliphatic heterocycles. The van der Waals surface area contributed by atoms with Crippen molar-refractivity contribution in [1.29, 1.82) is 0 Å². The quantitative estimate of drug-likeness (QED) is 0.551. The summed E-state index contributed by atoms with van der Waals surface area (Å²) < 4.78 is 0. The lowest BCUT2D eigenvalue weighted by Crippen LogP contribution is -1.89. The summed E-state index contributed by atoms with van der Waals surface area (Å²) in [5, 5.41) is 0. The van der Waals surface area contributed by atoms with Gasteiger partial charge < -0.3 is 0 Å². The largest absolute Gasteiger partial charge is 0.0790 e. The van der Waals surface area contributed by atoms with Crippen molar-refractivity contribution in [2.24, 2.45) is 11.8 Å². The molecule has 0 atom stereocenters. The van der Waals surface area contributed by atoms with Crippen LogP contribution in [0.5, 0.6) is 0 Å². The van der Waals surface area contributed by atoms with Crippen LogP contribution in [0.1, 0.15) is 41.5 Å². The maximum absolute atomic E-state index is 2.30. The number of hydrogen-bond acceptors (Lipinski definition) is 0. The molecule has 0 bridgehead atoms. The standard InChI is InChI=1S/C12H22/c1-9(2)7-11(5)8-12(6)10(3)4/h7-10H,1-6H3/b11-7-,12-8-. The molecule has 0 aromatic carbocycles. The molecule has 12 heavy (non-hydrogen) atoms. The molecule has 0 aliphatic rings. The van der Waals surface area contributed by atoms with E-state index in [2.05, 4.69) is 53.7 Å². The van der Waals surface area contributed by atoms with Gasteiger partial charge in [-0.3, -0.25) is 0 Å². The minimum Gasteiger partial charge on any atom is -0.0790 e. The maximum Gasteiger partial charge on any atom is -0.0260 e. The molecule has 0 aromatic rings. The van der Waals surface area contributed by atoms with E-state index in [0.29, 0.717) is 11.8 Å². The van der Waals surface area contributed by atoms with E-state index in [1.165, 1.54) is 11.1 Å². The highest BCUT2D eigenvalue weighted by Gasteiger charge is 1.96. The molecule has 0 aromatic heterocycles. The fourth-order valence-electron chi connectivity index (χ4n) is 1.10. The van der Waals surface area contributed by atoms with Crippen molar-refractivity contribution in [3.05, 3.63) is 23.3 Å². The second kappa shape index (κ2) is 5.18. The zero-order chi connectivity index (χ0) is 9.72. The number of allylic oxidation sites excluding steroid dienone is 4. The molecule has 0 unspecified atom stereocenters. The fourth-order valence-corrected chi connectivity index (χ4v) is 1.10. The minimum atomic E-state index is 0.654. The van der Waals surface area contributed by atoms with E-state index < -0.39 is 0 Å². The molecule has 0 heterocycles. The molecule has 0 radical (unpaired) electrons. The van der Waals surface area contributed by atoms with Crippen molar-refractivity contribution in [3.8, 4) is 0 Å². The molecule has 0 saturated carbocycles. The third kappa shape index (κ3) is 5.17. The average Bonchev–Trinajstić information content (AvgIpc) is 1.84. The molecule has 70 valence electrons. The van der Waals surface area contributed by atoms with Crippen LogP contribution >= 0.6 is 0 Å². The molecule has 0 spiro atoms.